The number of hydrogen-bond acceptors (Lipinski definition) is 6. The quantitative estimate of drug-likeness (QED) is 0.688. The van der Waals surface area contributed by atoms with Crippen LogP contribution in [0.1, 0.15) is 36.9 Å². The standard InChI is InChI=1S/C25H30N2O6/c1-15(2)26(3)22(28)13-27-12-19(17-7-10-20-21(11-17)33-14-32-20)23(25(29)30)24(27)16-5-8-18(31-4)9-6-16/h5-11,15,19,23-24H,12-14H2,1-4H3,(H,29,30)/t19-,23+,24-/m1/s1. The highest BCUT2D eigenvalue weighted by Gasteiger charge is 2.48. The molecule has 3 atom stereocenters. The maximum Gasteiger partial charge on any atom is 0.309 e. The Morgan fingerprint density at radius 3 is 2.42 bits per heavy atom. The number of aliphatic carboxylic acids is 1. The van der Waals surface area contributed by atoms with Gasteiger partial charge in [-0.2, -0.15) is 0 Å². The van der Waals surface area contributed by atoms with Crippen molar-refractivity contribution < 1.29 is 28.9 Å². The molecule has 33 heavy (non-hydrogen) atoms. The molecule has 1 N–H and O–H groups in total. The highest BCUT2D eigenvalue weighted by atomic mass is 16.7. The third kappa shape index (κ3) is 4.48. The monoisotopic (exact) mass is 454 g/mol. The molecule has 0 unspecified atom stereocenters. The van der Waals surface area contributed by atoms with Crippen LogP contribution in [0.15, 0.2) is 42.5 Å². The predicted octanol–water partition coefficient (Wildman–Crippen LogP) is 3.13. The van der Waals surface area contributed by atoms with Crippen LogP contribution in [-0.4, -0.2) is 66.9 Å². The van der Waals surface area contributed by atoms with E-state index in [2.05, 4.69) is 0 Å². The van der Waals surface area contributed by atoms with E-state index < -0.39 is 17.9 Å². The molecular formula is C25H30N2O6. The first-order valence-electron chi connectivity index (χ1n) is 11.1. The molecule has 0 saturated carbocycles. The molecule has 1 fully saturated rings. The number of benzene rings is 2. The van der Waals surface area contributed by atoms with Crippen LogP contribution in [-0.2, 0) is 9.59 Å². The Kier molecular flexibility index (Phi) is 6.47. The number of likely N-dealkylation sites (N-methyl/N-ethyl adjacent to an activating group) is 1. The van der Waals surface area contributed by atoms with Crippen LogP contribution in [0.3, 0.4) is 0 Å². The molecule has 0 aliphatic carbocycles. The number of carboxylic acid groups (broad SMARTS) is 1. The number of rotatable bonds is 7. The van der Waals surface area contributed by atoms with Gasteiger partial charge in [0.1, 0.15) is 5.75 Å². The number of fused-ring (bicyclic) bond motifs is 1. The largest absolute Gasteiger partial charge is 0.497 e. The summed E-state index contributed by atoms with van der Waals surface area (Å²) in [6, 6.07) is 12.6. The van der Waals surface area contributed by atoms with Crippen molar-refractivity contribution in [2.45, 2.75) is 31.8 Å². The average Bonchev–Trinajstić information content (AvgIpc) is 3.42. The van der Waals surface area contributed by atoms with Gasteiger partial charge in [0, 0.05) is 31.6 Å². The molecule has 176 valence electrons. The van der Waals surface area contributed by atoms with E-state index in [1.54, 1.807) is 19.1 Å². The van der Waals surface area contributed by atoms with Crippen molar-refractivity contribution >= 4 is 11.9 Å². The highest BCUT2D eigenvalue weighted by molar-refractivity contribution is 5.79. The topological polar surface area (TPSA) is 88.5 Å². The molecule has 1 amide bonds. The lowest BCUT2D eigenvalue weighted by Gasteiger charge is -2.29. The number of likely N-dealkylation sites (tertiary alicyclic amines) is 1. The number of carbonyl (C=O) groups is 2. The SMILES string of the molecule is COc1ccc([C@@H]2[C@@H](C(=O)O)[C@@H](c3ccc4c(c3)OCO4)CN2CC(=O)N(C)C(C)C)cc1. The van der Waals surface area contributed by atoms with Crippen molar-refractivity contribution in [1.82, 2.24) is 9.80 Å². The van der Waals surface area contributed by atoms with Gasteiger partial charge in [-0.05, 0) is 49.2 Å². The molecular weight excluding hydrogens is 424 g/mol. The Balaban J connectivity index is 1.72. The van der Waals surface area contributed by atoms with E-state index in [0.29, 0.717) is 23.8 Å². The van der Waals surface area contributed by atoms with Gasteiger partial charge in [-0.25, -0.2) is 0 Å². The van der Waals surface area contributed by atoms with Crippen molar-refractivity contribution in [3.05, 3.63) is 53.6 Å². The Morgan fingerprint density at radius 2 is 1.79 bits per heavy atom. The van der Waals surface area contributed by atoms with Crippen LogP contribution in [0.5, 0.6) is 17.2 Å². The molecule has 0 aromatic heterocycles. The fourth-order valence-electron chi connectivity index (χ4n) is 4.65. The van der Waals surface area contributed by atoms with E-state index in [9.17, 15) is 14.7 Å². The number of amides is 1. The van der Waals surface area contributed by atoms with E-state index in [0.717, 1.165) is 11.1 Å². The first-order valence-corrected chi connectivity index (χ1v) is 11.1. The van der Waals surface area contributed by atoms with Crippen molar-refractivity contribution in [2.24, 2.45) is 5.92 Å². The summed E-state index contributed by atoms with van der Waals surface area (Å²) < 4.78 is 16.2. The van der Waals surface area contributed by atoms with Gasteiger partial charge in [-0.1, -0.05) is 18.2 Å². The van der Waals surface area contributed by atoms with Gasteiger partial charge in [-0.15, -0.1) is 0 Å². The molecule has 2 aromatic carbocycles. The average molecular weight is 455 g/mol. The number of carbonyl (C=O) groups excluding carboxylic acids is 1. The van der Waals surface area contributed by atoms with Gasteiger partial charge in [-0.3, -0.25) is 14.5 Å². The summed E-state index contributed by atoms with van der Waals surface area (Å²) in [5.41, 5.74) is 1.70. The Bertz CT molecular complexity index is 1020. The van der Waals surface area contributed by atoms with Crippen LogP contribution in [0, 0.1) is 5.92 Å². The lowest BCUT2D eigenvalue weighted by atomic mass is 9.82. The molecule has 4 rings (SSSR count). The van der Waals surface area contributed by atoms with Gasteiger partial charge in [0.2, 0.25) is 12.7 Å². The zero-order chi connectivity index (χ0) is 23.7. The lowest BCUT2D eigenvalue weighted by molar-refractivity contribution is -0.144. The molecule has 2 heterocycles. The molecule has 8 nitrogen and oxygen atoms in total. The summed E-state index contributed by atoms with van der Waals surface area (Å²) in [5, 5.41) is 10.3. The number of ether oxygens (including phenoxy) is 3. The molecule has 0 bridgehead atoms. The number of methoxy groups -OCH3 is 1. The smallest absolute Gasteiger partial charge is 0.309 e. The number of hydrogen-bond donors (Lipinski definition) is 1. The van der Waals surface area contributed by atoms with Gasteiger partial charge < -0.3 is 24.2 Å². The van der Waals surface area contributed by atoms with Crippen molar-refractivity contribution in [3.63, 3.8) is 0 Å². The summed E-state index contributed by atoms with van der Waals surface area (Å²) in [6.45, 7) is 4.64. The fraction of sp³-hybridized carbons (Fsp3) is 0.440. The maximum atomic E-state index is 13.0. The second-order valence-corrected chi connectivity index (χ2v) is 8.83. The highest BCUT2D eigenvalue weighted by Crippen LogP contribution is 2.47. The minimum absolute atomic E-state index is 0.0426. The van der Waals surface area contributed by atoms with Crippen LogP contribution in [0.4, 0.5) is 0 Å². The van der Waals surface area contributed by atoms with Crippen LogP contribution < -0.4 is 14.2 Å². The number of carboxylic acids is 1. The first-order chi connectivity index (χ1) is 15.8. The summed E-state index contributed by atoms with van der Waals surface area (Å²) in [7, 11) is 3.36. The molecule has 0 radical (unpaired) electrons. The van der Waals surface area contributed by atoms with Crippen LogP contribution in [0.2, 0.25) is 0 Å². The Morgan fingerprint density at radius 1 is 1.12 bits per heavy atom. The van der Waals surface area contributed by atoms with Gasteiger partial charge in [0.15, 0.2) is 11.5 Å². The molecule has 2 aromatic rings. The maximum absolute atomic E-state index is 13.0. The Hall–Kier alpha value is -3.26. The van der Waals surface area contributed by atoms with E-state index in [1.807, 2.05) is 61.2 Å². The Labute approximate surface area is 193 Å². The normalized spacial score (nSPS) is 21.9. The third-order valence-corrected chi connectivity index (χ3v) is 6.67. The van der Waals surface area contributed by atoms with E-state index >= 15 is 0 Å². The lowest BCUT2D eigenvalue weighted by Crippen LogP contribution is -2.42. The van der Waals surface area contributed by atoms with E-state index in [-0.39, 0.29) is 31.2 Å². The summed E-state index contributed by atoms with van der Waals surface area (Å²) in [4.78, 5) is 29.2. The van der Waals surface area contributed by atoms with Crippen LogP contribution >= 0.6 is 0 Å². The van der Waals surface area contributed by atoms with Gasteiger partial charge in [0.25, 0.3) is 0 Å². The molecule has 1 saturated heterocycles. The predicted molar refractivity (Wildman–Crippen MR) is 122 cm³/mol. The molecule has 0 spiro atoms. The fourth-order valence-corrected chi connectivity index (χ4v) is 4.65. The van der Waals surface area contributed by atoms with E-state index in [4.69, 9.17) is 14.2 Å². The molecule has 2 aliphatic heterocycles. The summed E-state index contributed by atoms with van der Waals surface area (Å²) >= 11 is 0. The van der Waals surface area contributed by atoms with Crippen LogP contribution in [0.25, 0.3) is 0 Å². The first kappa shape index (κ1) is 22.9. The summed E-state index contributed by atoms with van der Waals surface area (Å²) in [6.07, 6.45) is 0. The van der Waals surface area contributed by atoms with Crippen molar-refractivity contribution in [3.8, 4) is 17.2 Å². The van der Waals surface area contributed by atoms with E-state index in [1.165, 1.54) is 0 Å². The second kappa shape index (κ2) is 9.31. The zero-order valence-corrected chi connectivity index (χ0v) is 19.4. The van der Waals surface area contributed by atoms with Crippen molar-refractivity contribution in [1.29, 1.82) is 0 Å². The third-order valence-electron chi connectivity index (χ3n) is 6.67. The summed E-state index contributed by atoms with van der Waals surface area (Å²) in [5.74, 6) is -0.0347. The minimum atomic E-state index is -0.898. The minimum Gasteiger partial charge on any atom is -0.497 e. The number of nitrogens with zero attached hydrogens (tertiary/aromatic N) is 2. The van der Waals surface area contributed by atoms with Gasteiger partial charge in [0.05, 0.1) is 19.6 Å². The van der Waals surface area contributed by atoms with Crippen molar-refractivity contribution in [2.75, 3.05) is 34.0 Å². The molecule has 2 aliphatic rings. The molecule has 8 heteroatoms. The zero-order valence-electron chi connectivity index (χ0n) is 19.4. The van der Waals surface area contributed by atoms with Gasteiger partial charge >= 0.3 is 5.97 Å². The second-order valence-electron chi connectivity index (χ2n) is 8.83.